The minimum atomic E-state index is 0.666. The summed E-state index contributed by atoms with van der Waals surface area (Å²) >= 11 is 6.28. The van der Waals surface area contributed by atoms with Crippen molar-refractivity contribution in [1.82, 2.24) is 0 Å². The summed E-state index contributed by atoms with van der Waals surface area (Å²) in [5, 5.41) is 0. The van der Waals surface area contributed by atoms with E-state index in [9.17, 15) is 0 Å². The van der Waals surface area contributed by atoms with Gasteiger partial charge in [-0.1, -0.05) is 19.9 Å². The fourth-order valence-electron chi connectivity index (χ4n) is 1.35. The first-order chi connectivity index (χ1) is 7.67. The van der Waals surface area contributed by atoms with E-state index >= 15 is 0 Å². The molecule has 0 radical (unpaired) electrons. The molecular formula is C13H20OS2. The molecule has 16 heavy (non-hydrogen) atoms. The van der Waals surface area contributed by atoms with Crippen LogP contribution in [-0.2, 0) is 0 Å². The van der Waals surface area contributed by atoms with Crippen LogP contribution < -0.4 is 4.74 Å². The van der Waals surface area contributed by atoms with Gasteiger partial charge in [0, 0.05) is 10.6 Å². The first-order valence-electron chi connectivity index (χ1n) is 5.55. The van der Waals surface area contributed by atoms with Gasteiger partial charge in [0.15, 0.2) is 0 Å². The molecule has 0 saturated carbocycles. The molecule has 0 saturated heterocycles. The Morgan fingerprint density at radius 1 is 1.38 bits per heavy atom. The molecule has 1 unspecified atom stereocenters. The molecule has 0 N–H and O–H groups in total. The maximum absolute atomic E-state index is 5.21. The Morgan fingerprint density at radius 3 is 2.69 bits per heavy atom. The molecule has 1 nitrogen and oxygen atoms in total. The van der Waals surface area contributed by atoms with Gasteiger partial charge in [-0.15, -0.1) is 11.8 Å². The van der Waals surface area contributed by atoms with E-state index in [1.165, 1.54) is 4.90 Å². The molecule has 1 atom stereocenters. The zero-order valence-corrected chi connectivity index (χ0v) is 11.9. The van der Waals surface area contributed by atoms with Gasteiger partial charge in [-0.05, 0) is 35.8 Å². The Bertz CT molecular complexity index is 313. The SMILES string of the molecule is COc1cccc(SCC(CS)C(C)C)c1. The second-order valence-electron chi connectivity index (χ2n) is 4.18. The van der Waals surface area contributed by atoms with E-state index in [2.05, 4.69) is 38.6 Å². The number of hydrogen-bond donors (Lipinski definition) is 1. The molecular weight excluding hydrogens is 236 g/mol. The summed E-state index contributed by atoms with van der Waals surface area (Å²) in [6, 6.07) is 8.22. The van der Waals surface area contributed by atoms with Crippen LogP contribution in [0.25, 0.3) is 0 Å². The summed E-state index contributed by atoms with van der Waals surface area (Å²) in [7, 11) is 1.70. The van der Waals surface area contributed by atoms with Crippen LogP contribution in [0.2, 0.25) is 0 Å². The molecule has 3 heteroatoms. The van der Waals surface area contributed by atoms with Gasteiger partial charge in [0.25, 0.3) is 0 Å². The summed E-state index contributed by atoms with van der Waals surface area (Å²) in [5.41, 5.74) is 0. The van der Waals surface area contributed by atoms with Crippen LogP contribution in [-0.4, -0.2) is 18.6 Å². The molecule has 90 valence electrons. The molecule has 0 bridgehead atoms. The molecule has 0 aliphatic heterocycles. The van der Waals surface area contributed by atoms with Gasteiger partial charge in [-0.3, -0.25) is 0 Å². The molecule has 0 aliphatic carbocycles. The first kappa shape index (κ1) is 13.8. The zero-order chi connectivity index (χ0) is 12.0. The van der Waals surface area contributed by atoms with E-state index in [4.69, 9.17) is 4.74 Å². The summed E-state index contributed by atoms with van der Waals surface area (Å²) < 4.78 is 5.21. The van der Waals surface area contributed by atoms with Crippen LogP contribution in [0.15, 0.2) is 29.2 Å². The minimum Gasteiger partial charge on any atom is -0.497 e. The zero-order valence-electron chi connectivity index (χ0n) is 10.1. The van der Waals surface area contributed by atoms with E-state index in [0.29, 0.717) is 11.8 Å². The van der Waals surface area contributed by atoms with Gasteiger partial charge in [-0.2, -0.15) is 12.6 Å². The molecule has 0 heterocycles. The van der Waals surface area contributed by atoms with Crippen molar-refractivity contribution in [2.45, 2.75) is 18.7 Å². The normalized spacial score (nSPS) is 12.8. The predicted molar refractivity (Wildman–Crippen MR) is 75.9 cm³/mol. The molecule has 0 amide bonds. The highest BCUT2D eigenvalue weighted by molar-refractivity contribution is 7.99. The Morgan fingerprint density at radius 2 is 2.12 bits per heavy atom. The van der Waals surface area contributed by atoms with Crippen LogP contribution in [0.1, 0.15) is 13.8 Å². The van der Waals surface area contributed by atoms with Crippen molar-refractivity contribution in [2.24, 2.45) is 11.8 Å². The molecule has 0 spiro atoms. The van der Waals surface area contributed by atoms with E-state index in [0.717, 1.165) is 17.3 Å². The highest BCUT2D eigenvalue weighted by atomic mass is 32.2. The van der Waals surface area contributed by atoms with Crippen LogP contribution >= 0.6 is 24.4 Å². The quantitative estimate of drug-likeness (QED) is 0.609. The minimum absolute atomic E-state index is 0.666. The van der Waals surface area contributed by atoms with Crippen molar-refractivity contribution in [2.75, 3.05) is 18.6 Å². The van der Waals surface area contributed by atoms with Crippen molar-refractivity contribution >= 4 is 24.4 Å². The lowest BCUT2D eigenvalue weighted by Crippen LogP contribution is -2.13. The topological polar surface area (TPSA) is 9.23 Å². The van der Waals surface area contributed by atoms with Crippen LogP contribution in [0.5, 0.6) is 5.75 Å². The van der Waals surface area contributed by atoms with Gasteiger partial charge in [0.2, 0.25) is 0 Å². The summed E-state index contributed by atoms with van der Waals surface area (Å²) in [6.45, 7) is 4.51. The van der Waals surface area contributed by atoms with Crippen molar-refractivity contribution in [3.8, 4) is 5.75 Å². The number of thioether (sulfide) groups is 1. The Labute approximate surface area is 108 Å². The number of rotatable bonds is 6. The molecule has 0 aliphatic rings. The Kier molecular flexibility index (Phi) is 6.14. The van der Waals surface area contributed by atoms with E-state index in [-0.39, 0.29) is 0 Å². The summed E-state index contributed by atoms with van der Waals surface area (Å²) in [4.78, 5) is 1.27. The van der Waals surface area contributed by atoms with E-state index in [1.807, 2.05) is 23.9 Å². The lowest BCUT2D eigenvalue weighted by atomic mass is 10.0. The number of thiol groups is 1. The fourth-order valence-corrected chi connectivity index (χ4v) is 3.36. The second-order valence-corrected chi connectivity index (χ2v) is 5.64. The first-order valence-corrected chi connectivity index (χ1v) is 7.17. The van der Waals surface area contributed by atoms with Gasteiger partial charge in [-0.25, -0.2) is 0 Å². The highest BCUT2D eigenvalue weighted by Crippen LogP contribution is 2.27. The lowest BCUT2D eigenvalue weighted by molar-refractivity contribution is 0.413. The predicted octanol–water partition coefficient (Wildman–Crippen LogP) is 3.99. The van der Waals surface area contributed by atoms with Gasteiger partial charge in [0.1, 0.15) is 5.75 Å². The number of ether oxygens (including phenoxy) is 1. The average molecular weight is 256 g/mol. The largest absolute Gasteiger partial charge is 0.497 e. The second kappa shape index (κ2) is 7.13. The fraction of sp³-hybridized carbons (Fsp3) is 0.538. The maximum Gasteiger partial charge on any atom is 0.119 e. The van der Waals surface area contributed by atoms with Gasteiger partial charge in [0.05, 0.1) is 7.11 Å². The number of benzene rings is 1. The molecule has 1 rings (SSSR count). The van der Waals surface area contributed by atoms with Crippen LogP contribution in [0.4, 0.5) is 0 Å². The lowest BCUT2D eigenvalue weighted by Gasteiger charge is -2.17. The maximum atomic E-state index is 5.21. The summed E-state index contributed by atoms with van der Waals surface area (Å²) in [6.07, 6.45) is 0. The van der Waals surface area contributed by atoms with Crippen LogP contribution in [0, 0.1) is 11.8 Å². The Balaban J connectivity index is 2.53. The number of hydrogen-bond acceptors (Lipinski definition) is 3. The van der Waals surface area contributed by atoms with E-state index in [1.54, 1.807) is 7.11 Å². The molecule has 0 fully saturated rings. The third-order valence-corrected chi connectivity index (χ3v) is 4.33. The number of methoxy groups -OCH3 is 1. The highest BCUT2D eigenvalue weighted by Gasteiger charge is 2.11. The standard InChI is InChI=1S/C13H20OS2/c1-10(2)11(8-15)9-16-13-6-4-5-12(7-13)14-3/h4-7,10-11,15H,8-9H2,1-3H3. The molecule has 0 aromatic heterocycles. The van der Waals surface area contributed by atoms with Crippen molar-refractivity contribution in [1.29, 1.82) is 0 Å². The van der Waals surface area contributed by atoms with Gasteiger partial charge < -0.3 is 4.74 Å². The molecule has 1 aromatic rings. The third-order valence-electron chi connectivity index (χ3n) is 2.68. The summed E-state index contributed by atoms with van der Waals surface area (Å²) in [5.74, 6) is 4.36. The smallest absolute Gasteiger partial charge is 0.119 e. The monoisotopic (exact) mass is 256 g/mol. The third kappa shape index (κ3) is 4.30. The average Bonchev–Trinajstić information content (AvgIpc) is 2.29. The van der Waals surface area contributed by atoms with E-state index < -0.39 is 0 Å². The Hall–Kier alpha value is -0.280. The molecule has 1 aromatic carbocycles. The van der Waals surface area contributed by atoms with Crippen LogP contribution in [0.3, 0.4) is 0 Å². The van der Waals surface area contributed by atoms with Gasteiger partial charge >= 0.3 is 0 Å². The van der Waals surface area contributed by atoms with Crippen molar-refractivity contribution < 1.29 is 4.74 Å². The van der Waals surface area contributed by atoms with Crippen molar-refractivity contribution in [3.05, 3.63) is 24.3 Å². The van der Waals surface area contributed by atoms with Crippen molar-refractivity contribution in [3.63, 3.8) is 0 Å².